The Kier molecular flexibility index (Phi) is 35.6. The molecule has 9 nitrogen and oxygen atoms in total. The van der Waals surface area contributed by atoms with Crippen LogP contribution in [0, 0.1) is 0 Å². The van der Waals surface area contributed by atoms with E-state index in [-0.39, 0.29) is 31.5 Å². The number of quaternary nitrogens is 1. The average molecular weight is 812 g/mol. The van der Waals surface area contributed by atoms with Crippen molar-refractivity contribution in [1.82, 2.24) is 9.80 Å². The molecule has 0 saturated heterocycles. The highest BCUT2D eigenvalue weighted by atomic mass is 31.2. The molecule has 0 saturated carbocycles. The first-order chi connectivity index (χ1) is 26.9. The molecule has 0 aliphatic heterocycles. The van der Waals surface area contributed by atoms with Gasteiger partial charge in [0.15, 0.2) is 0 Å². The molecule has 0 aromatic carbocycles. The predicted molar refractivity (Wildman–Crippen MR) is 236 cm³/mol. The predicted octanol–water partition coefficient (Wildman–Crippen LogP) is 11.6. The van der Waals surface area contributed by atoms with E-state index in [0.717, 1.165) is 38.5 Å². The summed E-state index contributed by atoms with van der Waals surface area (Å²) in [7, 11) is 1.12. The molecule has 0 heterocycles. The molecule has 0 fully saturated rings. The number of hydrogen-bond acceptors (Lipinski definition) is 6. The SMILES string of the molecule is C=CC(=O)N(CCCCCCCCCCCCCCCC)CC(CN(CCCCCCCCCCCCCCCC)C(=O)C=C)OP(=O)([O-])OCC[N+](C)(C)C. The van der Waals surface area contributed by atoms with Crippen LogP contribution >= 0.6 is 7.82 Å². The molecule has 0 aliphatic rings. The van der Waals surface area contributed by atoms with Crippen molar-refractivity contribution in [3.63, 3.8) is 0 Å². The summed E-state index contributed by atoms with van der Waals surface area (Å²) in [5, 5.41) is 0. The van der Waals surface area contributed by atoms with Crippen LogP contribution in [-0.4, -0.2) is 92.7 Å². The number of unbranched alkanes of at least 4 members (excludes halogenated alkanes) is 26. The molecule has 2 amide bonds. The summed E-state index contributed by atoms with van der Waals surface area (Å²) in [5.74, 6) is -0.568. The second-order valence-electron chi connectivity index (χ2n) is 17.2. The van der Waals surface area contributed by atoms with E-state index in [1.807, 2.05) is 21.1 Å². The number of hydrogen-bond donors (Lipinski definition) is 0. The number of carbonyl (C=O) groups is 2. The Morgan fingerprint density at radius 1 is 0.571 bits per heavy atom. The van der Waals surface area contributed by atoms with Gasteiger partial charge in [-0.2, -0.15) is 0 Å². The number of rotatable bonds is 42. The van der Waals surface area contributed by atoms with Gasteiger partial charge in [0, 0.05) is 26.2 Å². The minimum Gasteiger partial charge on any atom is -0.756 e. The van der Waals surface area contributed by atoms with Crippen molar-refractivity contribution in [3.8, 4) is 0 Å². The van der Waals surface area contributed by atoms with E-state index in [0.29, 0.717) is 24.1 Å². The topological polar surface area (TPSA) is 99.2 Å². The van der Waals surface area contributed by atoms with Gasteiger partial charge >= 0.3 is 0 Å². The summed E-state index contributed by atoms with van der Waals surface area (Å²) in [6.07, 6.45) is 36.2. The molecule has 10 heteroatoms. The number of phosphoric ester groups is 1. The van der Waals surface area contributed by atoms with Crippen LogP contribution in [0.4, 0.5) is 0 Å². The van der Waals surface area contributed by atoms with E-state index in [1.165, 1.54) is 153 Å². The van der Waals surface area contributed by atoms with Crippen molar-refractivity contribution in [3.05, 3.63) is 25.3 Å². The molecule has 0 aromatic heterocycles. The number of amides is 2. The van der Waals surface area contributed by atoms with E-state index in [1.54, 1.807) is 9.80 Å². The fourth-order valence-electron chi connectivity index (χ4n) is 7.09. The fraction of sp³-hybridized carbons (Fsp3) is 0.870. The summed E-state index contributed by atoms with van der Waals surface area (Å²) < 4.78 is 24.6. The van der Waals surface area contributed by atoms with Crippen LogP contribution in [-0.2, 0) is 23.2 Å². The molecule has 0 bridgehead atoms. The van der Waals surface area contributed by atoms with Crippen LogP contribution in [0.3, 0.4) is 0 Å². The second kappa shape index (κ2) is 36.6. The summed E-state index contributed by atoms with van der Waals surface area (Å²) >= 11 is 0. The largest absolute Gasteiger partial charge is 0.756 e. The highest BCUT2D eigenvalue weighted by Gasteiger charge is 2.27. The molecule has 0 spiro atoms. The monoisotopic (exact) mass is 812 g/mol. The highest BCUT2D eigenvalue weighted by molar-refractivity contribution is 7.45. The molecule has 56 heavy (non-hydrogen) atoms. The van der Waals surface area contributed by atoms with Gasteiger partial charge in [-0.15, -0.1) is 0 Å². The third kappa shape index (κ3) is 34.5. The van der Waals surface area contributed by atoms with Gasteiger partial charge in [-0.05, 0) is 25.0 Å². The maximum atomic E-state index is 13.1. The van der Waals surface area contributed by atoms with Crippen molar-refractivity contribution in [2.75, 3.05) is 60.5 Å². The Labute approximate surface area is 346 Å². The van der Waals surface area contributed by atoms with Crippen molar-refractivity contribution in [1.29, 1.82) is 0 Å². The summed E-state index contributed by atoms with van der Waals surface area (Å²) in [6, 6.07) is 0. The third-order valence-electron chi connectivity index (χ3n) is 10.7. The maximum Gasteiger partial charge on any atom is 0.268 e. The number of carbonyl (C=O) groups excluding carboxylic acids is 2. The van der Waals surface area contributed by atoms with Crippen LogP contribution in [0.25, 0.3) is 0 Å². The van der Waals surface area contributed by atoms with E-state index >= 15 is 0 Å². The zero-order chi connectivity index (χ0) is 41.8. The first-order valence-corrected chi connectivity index (χ1v) is 24.6. The second-order valence-corrected chi connectivity index (χ2v) is 18.6. The van der Waals surface area contributed by atoms with Gasteiger partial charge in [0.05, 0.1) is 21.1 Å². The van der Waals surface area contributed by atoms with Crippen molar-refractivity contribution in [2.24, 2.45) is 0 Å². The third-order valence-corrected chi connectivity index (χ3v) is 11.7. The standard InChI is InChI=1S/C46H90N3O6P/c1-8-12-14-16-18-20-22-24-26-28-30-32-34-36-38-47(45(50)10-3)42-44(55-56(52,53)54-41-40-49(5,6)7)43-48(46(51)11-4)39-37-35-33-31-29-27-25-23-21-19-17-15-13-9-2/h10-11,44H,3-4,8-9,12-43H2,1-2,5-7H3. The van der Waals surface area contributed by atoms with Crippen LogP contribution in [0.1, 0.15) is 194 Å². The van der Waals surface area contributed by atoms with Gasteiger partial charge in [-0.1, -0.05) is 194 Å². The average Bonchev–Trinajstić information content (AvgIpc) is 3.15. The lowest BCUT2D eigenvalue weighted by Crippen LogP contribution is -2.46. The van der Waals surface area contributed by atoms with Crippen LogP contribution in [0.5, 0.6) is 0 Å². The maximum absolute atomic E-state index is 13.1. The van der Waals surface area contributed by atoms with Crippen molar-refractivity contribution < 1.29 is 32.6 Å². The Morgan fingerprint density at radius 3 is 1.12 bits per heavy atom. The lowest BCUT2D eigenvalue weighted by Gasteiger charge is -2.35. The lowest BCUT2D eigenvalue weighted by atomic mass is 10.0. The molecule has 0 rings (SSSR count). The molecular weight excluding hydrogens is 721 g/mol. The quantitative estimate of drug-likeness (QED) is 0.0263. The molecule has 1 unspecified atom stereocenters. The van der Waals surface area contributed by atoms with Crippen LogP contribution in [0.15, 0.2) is 25.3 Å². The Balaban J connectivity index is 5.08. The molecule has 330 valence electrons. The van der Waals surface area contributed by atoms with E-state index in [9.17, 15) is 19.0 Å². The van der Waals surface area contributed by atoms with E-state index in [2.05, 4.69) is 27.0 Å². The first kappa shape index (κ1) is 54.5. The van der Waals surface area contributed by atoms with Gasteiger partial charge in [0.1, 0.15) is 19.3 Å². The first-order valence-electron chi connectivity index (χ1n) is 23.2. The Bertz CT molecular complexity index is 961. The number of nitrogens with zero attached hydrogens (tertiary/aromatic N) is 3. The lowest BCUT2D eigenvalue weighted by molar-refractivity contribution is -0.870. The summed E-state index contributed by atoms with van der Waals surface area (Å²) in [4.78, 5) is 42.4. The molecule has 0 aromatic rings. The molecule has 0 radical (unpaired) electrons. The van der Waals surface area contributed by atoms with Crippen LogP contribution < -0.4 is 4.89 Å². The number of phosphoric acid groups is 1. The molecule has 1 atom stereocenters. The Morgan fingerprint density at radius 2 is 0.857 bits per heavy atom. The van der Waals surface area contributed by atoms with Gasteiger partial charge < -0.3 is 28.2 Å². The normalized spacial score (nSPS) is 12.8. The fourth-order valence-corrected chi connectivity index (χ4v) is 7.96. The van der Waals surface area contributed by atoms with Crippen molar-refractivity contribution >= 4 is 19.6 Å². The van der Waals surface area contributed by atoms with E-state index in [4.69, 9.17) is 9.05 Å². The summed E-state index contributed by atoms with van der Waals surface area (Å²) in [5.41, 5.74) is 0. The molecule has 0 aliphatic carbocycles. The molecular formula is C46H90N3O6P. The summed E-state index contributed by atoms with van der Waals surface area (Å²) in [6.45, 7) is 13.3. The van der Waals surface area contributed by atoms with Gasteiger partial charge in [-0.3, -0.25) is 14.2 Å². The zero-order valence-electron chi connectivity index (χ0n) is 37.4. The van der Waals surface area contributed by atoms with Gasteiger partial charge in [0.2, 0.25) is 11.8 Å². The minimum absolute atomic E-state index is 0.00782. The minimum atomic E-state index is -4.74. The van der Waals surface area contributed by atoms with Gasteiger partial charge in [-0.25, -0.2) is 0 Å². The highest BCUT2D eigenvalue weighted by Crippen LogP contribution is 2.40. The smallest absolute Gasteiger partial charge is 0.268 e. The number of likely N-dealkylation sites (N-methyl/N-ethyl adjacent to an activating group) is 1. The van der Waals surface area contributed by atoms with Gasteiger partial charge in [0.25, 0.3) is 7.82 Å². The van der Waals surface area contributed by atoms with Crippen LogP contribution in [0.2, 0.25) is 0 Å². The molecule has 0 N–H and O–H groups in total. The van der Waals surface area contributed by atoms with Crippen molar-refractivity contribution in [2.45, 2.75) is 200 Å². The zero-order valence-corrected chi connectivity index (χ0v) is 38.3. The Hall–Kier alpha value is -1.51. The van der Waals surface area contributed by atoms with E-state index < -0.39 is 13.9 Å².